The molecule has 0 aliphatic heterocycles. The molecule has 1 N–H and O–H groups in total. The number of benzene rings is 3. The van der Waals surface area contributed by atoms with Crippen molar-refractivity contribution in [3.8, 4) is 11.5 Å². The zero-order valence-corrected chi connectivity index (χ0v) is 17.6. The number of hydrogen-bond acceptors (Lipinski definition) is 5. The Morgan fingerprint density at radius 2 is 1.59 bits per heavy atom. The molecular weight excluding hydrogens is 483 g/mol. The number of carbonyl (C=O) groups is 2. The number of amides is 1. The van der Waals surface area contributed by atoms with Gasteiger partial charge in [-0.2, -0.15) is 5.10 Å². The van der Waals surface area contributed by atoms with Gasteiger partial charge in [0.2, 0.25) is 0 Å². The molecule has 0 aromatic heterocycles. The van der Waals surface area contributed by atoms with Gasteiger partial charge < -0.3 is 9.47 Å². The van der Waals surface area contributed by atoms with Crippen LogP contribution in [0.25, 0.3) is 0 Å². The van der Waals surface area contributed by atoms with Crippen LogP contribution in [0.4, 0.5) is 0 Å². The molecule has 0 spiro atoms. The van der Waals surface area contributed by atoms with Gasteiger partial charge in [0.1, 0.15) is 0 Å². The summed E-state index contributed by atoms with van der Waals surface area (Å²) in [5.74, 6) is -0.0697. The summed E-state index contributed by atoms with van der Waals surface area (Å²) in [4.78, 5) is 24.4. The van der Waals surface area contributed by atoms with Crippen LogP contribution in [0.5, 0.6) is 11.5 Å². The lowest BCUT2D eigenvalue weighted by atomic mass is 10.2. The summed E-state index contributed by atoms with van der Waals surface area (Å²) < 4.78 is 11.6. The number of hydrazone groups is 1. The molecule has 3 aromatic carbocycles. The number of hydrogen-bond donors (Lipinski definition) is 1. The minimum Gasteiger partial charge on any atom is -0.493 e. The maximum absolute atomic E-state index is 12.3. The van der Waals surface area contributed by atoms with Crippen LogP contribution in [-0.2, 0) is 0 Å². The average Bonchev–Trinajstić information content (AvgIpc) is 2.76. The summed E-state index contributed by atoms with van der Waals surface area (Å²) in [5, 5.41) is 3.98. The van der Waals surface area contributed by atoms with E-state index in [-0.39, 0.29) is 5.91 Å². The third-order valence-corrected chi connectivity index (χ3v) is 4.67. The van der Waals surface area contributed by atoms with E-state index in [0.717, 1.165) is 0 Å². The van der Waals surface area contributed by atoms with Gasteiger partial charge in [0.05, 0.1) is 22.5 Å². The van der Waals surface area contributed by atoms with E-state index in [1.165, 1.54) is 13.3 Å². The normalized spacial score (nSPS) is 10.6. The molecule has 146 valence electrons. The molecule has 0 aliphatic carbocycles. The second kappa shape index (κ2) is 9.83. The highest BCUT2D eigenvalue weighted by atomic mass is 127. The number of methoxy groups -OCH3 is 1. The highest BCUT2D eigenvalue weighted by Gasteiger charge is 2.16. The van der Waals surface area contributed by atoms with Crippen molar-refractivity contribution in [2.45, 2.75) is 0 Å². The van der Waals surface area contributed by atoms with Crippen molar-refractivity contribution >= 4 is 40.7 Å². The van der Waals surface area contributed by atoms with Gasteiger partial charge in [0, 0.05) is 5.56 Å². The average molecular weight is 500 g/mol. The smallest absolute Gasteiger partial charge is 0.343 e. The van der Waals surface area contributed by atoms with Gasteiger partial charge in [0.25, 0.3) is 5.91 Å². The Balaban J connectivity index is 1.74. The third-order valence-electron chi connectivity index (χ3n) is 3.87. The fourth-order valence-electron chi connectivity index (χ4n) is 2.46. The Morgan fingerprint density at radius 1 is 0.966 bits per heavy atom. The molecule has 0 saturated heterocycles. The van der Waals surface area contributed by atoms with Crippen molar-refractivity contribution in [2.75, 3.05) is 7.11 Å². The fourth-order valence-corrected chi connectivity index (χ4v) is 3.19. The van der Waals surface area contributed by atoms with Gasteiger partial charge in [0.15, 0.2) is 11.5 Å². The molecule has 7 heteroatoms. The number of nitrogens with one attached hydrogen (secondary N) is 1. The second-order valence-corrected chi connectivity index (χ2v) is 7.02. The number of rotatable bonds is 6. The second-order valence-electron chi connectivity index (χ2n) is 5.85. The monoisotopic (exact) mass is 500 g/mol. The summed E-state index contributed by atoms with van der Waals surface area (Å²) in [7, 11) is 1.49. The quantitative estimate of drug-likeness (QED) is 0.180. The third kappa shape index (κ3) is 5.41. The van der Waals surface area contributed by atoms with E-state index in [4.69, 9.17) is 9.47 Å². The van der Waals surface area contributed by atoms with Crippen LogP contribution in [0.15, 0.2) is 77.9 Å². The van der Waals surface area contributed by atoms with Crippen LogP contribution in [0, 0.1) is 3.57 Å². The van der Waals surface area contributed by atoms with E-state index < -0.39 is 5.97 Å². The van der Waals surface area contributed by atoms with E-state index in [2.05, 4.69) is 33.1 Å². The van der Waals surface area contributed by atoms with E-state index in [1.807, 2.05) is 12.1 Å². The van der Waals surface area contributed by atoms with Crippen LogP contribution < -0.4 is 14.9 Å². The molecule has 6 nitrogen and oxygen atoms in total. The van der Waals surface area contributed by atoms with E-state index in [0.29, 0.717) is 31.8 Å². The summed E-state index contributed by atoms with van der Waals surface area (Å²) >= 11 is 2.06. The SMILES string of the molecule is COc1cc(/C=N\NC(=O)c2ccccc2)cc(I)c1OC(=O)c1ccccc1. The molecule has 1 amide bonds. The number of carbonyl (C=O) groups excluding carboxylic acids is 2. The van der Waals surface area contributed by atoms with Crippen LogP contribution in [-0.4, -0.2) is 25.2 Å². The Bertz CT molecular complexity index is 1040. The Morgan fingerprint density at radius 3 is 2.21 bits per heavy atom. The van der Waals surface area contributed by atoms with Gasteiger partial charge in [-0.05, 0) is 64.6 Å². The first-order chi connectivity index (χ1) is 14.1. The minimum absolute atomic E-state index is 0.308. The number of halogens is 1. The first kappa shape index (κ1) is 20.5. The van der Waals surface area contributed by atoms with Crippen molar-refractivity contribution in [1.29, 1.82) is 0 Å². The maximum Gasteiger partial charge on any atom is 0.343 e. The lowest BCUT2D eigenvalue weighted by Gasteiger charge is -2.12. The molecule has 29 heavy (non-hydrogen) atoms. The Hall–Kier alpha value is -3.20. The van der Waals surface area contributed by atoms with Crippen LogP contribution in [0.1, 0.15) is 26.3 Å². The van der Waals surface area contributed by atoms with Crippen molar-refractivity contribution in [2.24, 2.45) is 5.10 Å². The molecule has 0 fully saturated rings. The molecule has 0 bridgehead atoms. The van der Waals surface area contributed by atoms with Gasteiger partial charge in [-0.3, -0.25) is 4.79 Å². The number of esters is 1. The van der Waals surface area contributed by atoms with Gasteiger partial charge in [-0.1, -0.05) is 36.4 Å². The van der Waals surface area contributed by atoms with Crippen molar-refractivity contribution < 1.29 is 19.1 Å². The summed E-state index contributed by atoms with van der Waals surface area (Å²) in [6.45, 7) is 0. The zero-order chi connectivity index (χ0) is 20.6. The maximum atomic E-state index is 12.3. The highest BCUT2D eigenvalue weighted by molar-refractivity contribution is 14.1. The molecule has 0 aliphatic rings. The fraction of sp³-hybridized carbons (Fsp3) is 0.0455. The van der Waals surface area contributed by atoms with E-state index in [1.54, 1.807) is 60.7 Å². The molecule has 0 unspecified atom stereocenters. The molecule has 0 saturated carbocycles. The van der Waals surface area contributed by atoms with Gasteiger partial charge >= 0.3 is 5.97 Å². The predicted octanol–water partition coefficient (Wildman–Crippen LogP) is 4.28. The summed E-state index contributed by atoms with van der Waals surface area (Å²) in [5.41, 5.74) is 4.11. The molecule has 3 aromatic rings. The first-order valence-corrected chi connectivity index (χ1v) is 9.69. The van der Waals surface area contributed by atoms with E-state index in [9.17, 15) is 9.59 Å². The predicted molar refractivity (Wildman–Crippen MR) is 119 cm³/mol. The topological polar surface area (TPSA) is 77.0 Å². The number of nitrogens with zero attached hydrogens (tertiary/aromatic N) is 1. The molecule has 0 radical (unpaired) electrons. The van der Waals surface area contributed by atoms with Gasteiger partial charge in [-0.25, -0.2) is 10.2 Å². The highest BCUT2D eigenvalue weighted by Crippen LogP contribution is 2.34. The molecular formula is C22H17IN2O4. The lowest BCUT2D eigenvalue weighted by Crippen LogP contribution is -2.17. The van der Waals surface area contributed by atoms with Crippen molar-refractivity contribution in [3.63, 3.8) is 0 Å². The Labute approximate surface area is 181 Å². The van der Waals surface area contributed by atoms with Crippen LogP contribution in [0.3, 0.4) is 0 Å². The van der Waals surface area contributed by atoms with Crippen molar-refractivity contribution in [1.82, 2.24) is 5.43 Å². The standard InChI is InChI=1S/C22H17IN2O4/c1-28-19-13-15(14-24-25-21(26)16-8-4-2-5-9-16)12-18(23)20(19)29-22(27)17-10-6-3-7-11-17/h2-14H,1H3,(H,25,26)/b24-14-. The van der Waals surface area contributed by atoms with Crippen molar-refractivity contribution in [3.05, 3.63) is 93.1 Å². The first-order valence-electron chi connectivity index (χ1n) is 8.61. The molecule has 0 heterocycles. The van der Waals surface area contributed by atoms with Crippen LogP contribution >= 0.6 is 22.6 Å². The van der Waals surface area contributed by atoms with Crippen LogP contribution in [0.2, 0.25) is 0 Å². The summed E-state index contributed by atoms with van der Waals surface area (Å²) in [6.07, 6.45) is 1.49. The minimum atomic E-state index is -0.474. The van der Waals surface area contributed by atoms with E-state index >= 15 is 0 Å². The molecule has 3 rings (SSSR count). The summed E-state index contributed by atoms with van der Waals surface area (Å²) in [6, 6.07) is 21.0. The lowest BCUT2D eigenvalue weighted by molar-refractivity contribution is 0.0728. The number of ether oxygens (including phenoxy) is 2. The largest absolute Gasteiger partial charge is 0.493 e. The molecule has 0 atom stereocenters. The zero-order valence-electron chi connectivity index (χ0n) is 15.5. The van der Waals surface area contributed by atoms with Gasteiger partial charge in [-0.15, -0.1) is 0 Å². The Kier molecular flexibility index (Phi) is 6.96.